The molecule has 0 aromatic carbocycles. The zero-order valence-electron chi connectivity index (χ0n) is 15.5. The predicted octanol–water partition coefficient (Wildman–Crippen LogP) is 3.20. The number of nitrogens with one attached hydrogen (secondary N) is 1. The van der Waals surface area contributed by atoms with Crippen molar-refractivity contribution in [3.8, 4) is 0 Å². The number of carbonyl (C=O) groups is 1. The molecule has 0 saturated carbocycles. The average molecular weight is 404 g/mol. The molecule has 3 aromatic rings. The summed E-state index contributed by atoms with van der Waals surface area (Å²) in [6.07, 6.45) is 5.24. The third-order valence-corrected chi connectivity index (χ3v) is 7.18. The number of aryl methyl sites for hydroxylation is 2. The molecular weight excluding hydrogens is 382 g/mol. The zero-order chi connectivity index (χ0) is 19.1. The van der Waals surface area contributed by atoms with Gasteiger partial charge in [-0.25, -0.2) is 4.98 Å². The highest BCUT2D eigenvalue weighted by Gasteiger charge is 2.25. The summed E-state index contributed by atoms with van der Waals surface area (Å²) in [7, 11) is 0. The van der Waals surface area contributed by atoms with Gasteiger partial charge in [0.25, 0.3) is 5.56 Å². The van der Waals surface area contributed by atoms with E-state index in [1.807, 2.05) is 6.92 Å². The highest BCUT2D eigenvalue weighted by molar-refractivity contribution is 7.18. The van der Waals surface area contributed by atoms with Crippen LogP contribution in [0.1, 0.15) is 48.7 Å². The molecule has 7 nitrogen and oxygen atoms in total. The second-order valence-electron chi connectivity index (χ2n) is 7.01. The Morgan fingerprint density at radius 2 is 2.22 bits per heavy atom. The van der Waals surface area contributed by atoms with E-state index in [0.29, 0.717) is 16.4 Å². The minimum absolute atomic E-state index is 0.138. The quantitative estimate of drug-likeness (QED) is 0.722. The van der Waals surface area contributed by atoms with Gasteiger partial charge in [-0.1, -0.05) is 25.2 Å². The van der Waals surface area contributed by atoms with Crippen LogP contribution in [0, 0.1) is 5.92 Å². The standard InChI is InChI=1S/C18H21N5O2S2/c1-4-13-21-22-18(27-13)20-15(24)10(3)23-8-19-16-14(17(23)25)11-6-5-9(2)7-12(11)26-16/h8-10H,4-7H2,1-3H3,(H,20,22,24). The Hall–Kier alpha value is -2.13. The van der Waals surface area contributed by atoms with Gasteiger partial charge in [-0.2, -0.15) is 0 Å². The van der Waals surface area contributed by atoms with Crippen molar-refractivity contribution in [2.24, 2.45) is 5.92 Å². The fraction of sp³-hybridized carbons (Fsp3) is 0.500. The van der Waals surface area contributed by atoms with Gasteiger partial charge in [-0.15, -0.1) is 21.5 Å². The Kier molecular flexibility index (Phi) is 4.81. The molecule has 0 saturated heterocycles. The lowest BCUT2D eigenvalue weighted by Gasteiger charge is -2.18. The summed E-state index contributed by atoms with van der Waals surface area (Å²) in [6.45, 7) is 5.92. The van der Waals surface area contributed by atoms with Crippen LogP contribution in [0.4, 0.5) is 5.13 Å². The van der Waals surface area contributed by atoms with E-state index in [2.05, 4.69) is 27.4 Å². The van der Waals surface area contributed by atoms with Crippen molar-refractivity contribution in [3.05, 3.63) is 32.1 Å². The molecule has 0 bridgehead atoms. The number of fused-ring (bicyclic) bond motifs is 3. The molecule has 3 aromatic heterocycles. The molecule has 27 heavy (non-hydrogen) atoms. The van der Waals surface area contributed by atoms with E-state index in [1.165, 1.54) is 27.1 Å². The molecule has 3 heterocycles. The number of rotatable bonds is 4. The normalized spacial score (nSPS) is 17.7. The highest BCUT2D eigenvalue weighted by atomic mass is 32.1. The van der Waals surface area contributed by atoms with E-state index in [-0.39, 0.29) is 11.5 Å². The van der Waals surface area contributed by atoms with Crippen LogP contribution in [-0.2, 0) is 24.1 Å². The first-order chi connectivity index (χ1) is 13.0. The molecule has 2 unspecified atom stereocenters. The molecule has 0 spiro atoms. The molecular formula is C18H21N5O2S2. The van der Waals surface area contributed by atoms with Crippen molar-refractivity contribution in [1.29, 1.82) is 0 Å². The number of anilines is 1. The van der Waals surface area contributed by atoms with Gasteiger partial charge in [0, 0.05) is 4.88 Å². The van der Waals surface area contributed by atoms with E-state index < -0.39 is 6.04 Å². The highest BCUT2D eigenvalue weighted by Crippen LogP contribution is 2.35. The van der Waals surface area contributed by atoms with Crippen molar-refractivity contribution in [1.82, 2.24) is 19.7 Å². The van der Waals surface area contributed by atoms with Gasteiger partial charge in [-0.3, -0.25) is 19.5 Å². The fourth-order valence-electron chi connectivity index (χ4n) is 3.40. The van der Waals surface area contributed by atoms with E-state index in [0.717, 1.165) is 41.1 Å². The molecule has 0 aliphatic heterocycles. The molecule has 1 aliphatic rings. The first-order valence-corrected chi connectivity index (χ1v) is 10.8. The molecule has 4 rings (SSSR count). The lowest BCUT2D eigenvalue weighted by Crippen LogP contribution is -2.32. The molecule has 1 N–H and O–H groups in total. The zero-order valence-corrected chi connectivity index (χ0v) is 17.1. The van der Waals surface area contributed by atoms with Crippen molar-refractivity contribution < 1.29 is 4.79 Å². The van der Waals surface area contributed by atoms with Gasteiger partial charge >= 0.3 is 0 Å². The predicted molar refractivity (Wildman–Crippen MR) is 108 cm³/mol. The van der Waals surface area contributed by atoms with Gasteiger partial charge in [-0.05, 0) is 44.1 Å². The Bertz CT molecular complexity index is 1070. The summed E-state index contributed by atoms with van der Waals surface area (Å²) in [6, 6.07) is -0.679. The van der Waals surface area contributed by atoms with Crippen molar-refractivity contribution in [2.45, 2.75) is 52.5 Å². The van der Waals surface area contributed by atoms with Crippen LogP contribution >= 0.6 is 22.7 Å². The number of amides is 1. The van der Waals surface area contributed by atoms with Gasteiger partial charge < -0.3 is 0 Å². The summed E-state index contributed by atoms with van der Waals surface area (Å²) < 4.78 is 1.42. The maximum atomic E-state index is 13.1. The van der Waals surface area contributed by atoms with Crippen LogP contribution < -0.4 is 10.9 Å². The number of aromatic nitrogens is 4. The topological polar surface area (TPSA) is 89.8 Å². The number of nitrogens with zero attached hydrogens (tertiary/aromatic N) is 4. The second-order valence-corrected chi connectivity index (χ2v) is 9.15. The third-order valence-electron chi connectivity index (χ3n) is 5.04. The van der Waals surface area contributed by atoms with Crippen molar-refractivity contribution in [3.63, 3.8) is 0 Å². The maximum Gasteiger partial charge on any atom is 0.263 e. The lowest BCUT2D eigenvalue weighted by atomic mass is 9.89. The van der Waals surface area contributed by atoms with Crippen LogP contribution in [0.3, 0.4) is 0 Å². The van der Waals surface area contributed by atoms with Gasteiger partial charge in [0.05, 0.1) is 11.7 Å². The molecule has 9 heteroatoms. The largest absolute Gasteiger partial charge is 0.299 e. The van der Waals surface area contributed by atoms with Crippen LogP contribution in [-0.4, -0.2) is 25.7 Å². The second kappa shape index (κ2) is 7.12. The monoisotopic (exact) mass is 403 g/mol. The average Bonchev–Trinajstić information content (AvgIpc) is 3.25. The van der Waals surface area contributed by atoms with Crippen LogP contribution in [0.5, 0.6) is 0 Å². The van der Waals surface area contributed by atoms with E-state index >= 15 is 0 Å². The minimum atomic E-state index is -0.679. The van der Waals surface area contributed by atoms with Crippen LogP contribution in [0.15, 0.2) is 11.1 Å². The van der Waals surface area contributed by atoms with Gasteiger partial charge in [0.2, 0.25) is 11.0 Å². The van der Waals surface area contributed by atoms with Gasteiger partial charge in [0.1, 0.15) is 15.9 Å². The van der Waals surface area contributed by atoms with Gasteiger partial charge in [0.15, 0.2) is 0 Å². The first kappa shape index (κ1) is 18.2. The van der Waals surface area contributed by atoms with Crippen molar-refractivity contribution in [2.75, 3.05) is 5.32 Å². The van der Waals surface area contributed by atoms with Crippen LogP contribution in [0.25, 0.3) is 10.2 Å². The fourth-order valence-corrected chi connectivity index (χ4v) is 5.43. The molecule has 142 valence electrons. The van der Waals surface area contributed by atoms with E-state index in [9.17, 15) is 9.59 Å². The molecule has 0 fully saturated rings. The number of hydrogen-bond acceptors (Lipinski definition) is 7. The SMILES string of the molecule is CCc1nnc(NC(=O)C(C)n2cnc3sc4c(c3c2=O)CCC(C)C4)s1. The summed E-state index contributed by atoms with van der Waals surface area (Å²) in [5.41, 5.74) is 0.991. The Labute approximate surface area is 164 Å². The Morgan fingerprint density at radius 1 is 1.41 bits per heavy atom. The van der Waals surface area contributed by atoms with E-state index in [4.69, 9.17) is 0 Å². The summed E-state index contributed by atoms with van der Waals surface area (Å²) in [5, 5.41) is 12.7. The van der Waals surface area contributed by atoms with Crippen molar-refractivity contribution >= 4 is 43.9 Å². The van der Waals surface area contributed by atoms with Crippen LogP contribution in [0.2, 0.25) is 0 Å². The van der Waals surface area contributed by atoms with E-state index in [1.54, 1.807) is 18.3 Å². The Morgan fingerprint density at radius 3 is 2.96 bits per heavy atom. The maximum absolute atomic E-state index is 13.1. The molecule has 2 atom stereocenters. The summed E-state index contributed by atoms with van der Waals surface area (Å²) >= 11 is 2.96. The summed E-state index contributed by atoms with van der Waals surface area (Å²) in [4.78, 5) is 32.2. The number of carbonyl (C=O) groups excluding carboxylic acids is 1. The molecule has 1 amide bonds. The lowest BCUT2D eigenvalue weighted by molar-refractivity contribution is -0.118. The number of thiophene rings is 1. The summed E-state index contributed by atoms with van der Waals surface area (Å²) in [5.74, 6) is 0.340. The smallest absolute Gasteiger partial charge is 0.263 e. The Balaban J connectivity index is 1.65. The molecule has 1 aliphatic carbocycles. The number of hydrogen-bond donors (Lipinski definition) is 1. The first-order valence-electron chi connectivity index (χ1n) is 9.12. The molecule has 0 radical (unpaired) electrons. The third kappa shape index (κ3) is 3.29. The minimum Gasteiger partial charge on any atom is -0.299 e.